The Kier molecular flexibility index (Phi) is 53.3. The van der Waals surface area contributed by atoms with Crippen LogP contribution in [0.1, 0.15) is 0 Å². The second kappa shape index (κ2) is 15.7. The Morgan fingerprint density at radius 1 is 1.14 bits per heavy atom. The van der Waals surface area contributed by atoms with Gasteiger partial charge < -0.3 is 24.8 Å². The minimum Gasteiger partial charge on any atom is -1.00 e. The van der Waals surface area contributed by atoms with E-state index in [1.807, 2.05) is 0 Å². The fraction of sp³-hybridized carbons (Fsp3) is 0. The molecular weight excluding hydrogens is 174 g/mol. The van der Waals surface area contributed by atoms with Crippen LogP contribution < -0.4 is 24.8 Å². The van der Waals surface area contributed by atoms with Crippen molar-refractivity contribution in [2.24, 2.45) is 0 Å². The first-order valence-corrected chi connectivity index (χ1v) is 1.75. The SMILES string of the molecule is O=[P+](O)O.[Cl-].[Cl-].[Mg+2]. The smallest absolute Gasteiger partial charge is 1.00 e. The molecule has 0 aromatic rings. The van der Waals surface area contributed by atoms with Gasteiger partial charge in [-0.25, -0.2) is 0 Å². The van der Waals surface area contributed by atoms with E-state index in [0.717, 1.165) is 0 Å². The van der Waals surface area contributed by atoms with Gasteiger partial charge in [-0.15, -0.1) is 9.79 Å². The molecule has 0 spiro atoms. The molecule has 0 aliphatic heterocycles. The van der Waals surface area contributed by atoms with Crippen molar-refractivity contribution in [2.75, 3.05) is 0 Å². The summed E-state index contributed by atoms with van der Waals surface area (Å²) in [4.78, 5) is 14.2. The van der Waals surface area contributed by atoms with Gasteiger partial charge in [0.05, 0.1) is 0 Å². The van der Waals surface area contributed by atoms with Crippen LogP contribution >= 0.6 is 8.25 Å². The van der Waals surface area contributed by atoms with Crippen molar-refractivity contribution in [1.29, 1.82) is 0 Å². The maximum absolute atomic E-state index is 8.70. The minimum atomic E-state index is -2.87. The van der Waals surface area contributed by atoms with Gasteiger partial charge in [0.15, 0.2) is 0 Å². The van der Waals surface area contributed by atoms with Crippen molar-refractivity contribution < 1.29 is 39.2 Å². The third-order valence-electron chi connectivity index (χ3n) is 0. The largest absolute Gasteiger partial charge is 2.00 e. The van der Waals surface area contributed by atoms with Gasteiger partial charge in [0, 0.05) is 4.57 Å². The number of hydrogen-bond acceptors (Lipinski definition) is 1. The van der Waals surface area contributed by atoms with Crippen molar-refractivity contribution in [3.63, 3.8) is 0 Å². The average molecular weight is 176 g/mol. The Bertz CT molecular complexity index is 35.9. The fourth-order valence-corrected chi connectivity index (χ4v) is 0. The van der Waals surface area contributed by atoms with Crippen molar-refractivity contribution in [3.8, 4) is 0 Å². The van der Waals surface area contributed by atoms with E-state index in [-0.39, 0.29) is 47.9 Å². The zero-order valence-corrected chi connectivity index (χ0v) is 7.03. The van der Waals surface area contributed by atoms with Crippen LogP contribution in [0.15, 0.2) is 0 Å². The van der Waals surface area contributed by atoms with E-state index >= 15 is 0 Å². The Labute approximate surface area is 70.4 Å². The molecule has 0 aliphatic carbocycles. The van der Waals surface area contributed by atoms with Gasteiger partial charge in [-0.2, -0.15) is 0 Å². The van der Waals surface area contributed by atoms with Crippen LogP contribution in [0, 0.1) is 0 Å². The quantitative estimate of drug-likeness (QED) is 0.285. The van der Waals surface area contributed by atoms with Crippen LogP contribution in [0.3, 0.4) is 0 Å². The molecular formula is H2Cl2MgO3P+. The molecule has 0 fully saturated rings. The summed E-state index contributed by atoms with van der Waals surface area (Å²) in [6.07, 6.45) is 0. The second-order valence-electron chi connectivity index (χ2n) is 0.253. The average Bonchev–Trinajstić information content (AvgIpc) is 0.811. The van der Waals surface area contributed by atoms with Crippen LogP contribution in [0.25, 0.3) is 0 Å². The molecule has 0 amide bonds. The molecule has 0 bridgehead atoms. The predicted molar refractivity (Wildman–Crippen MR) is 17.8 cm³/mol. The van der Waals surface area contributed by atoms with Gasteiger partial charge in [0.25, 0.3) is 0 Å². The monoisotopic (exact) mass is 175 g/mol. The molecule has 0 aromatic carbocycles. The molecule has 0 aromatic heterocycles. The Hall–Kier alpha value is 1.37. The standard InChI is InChI=1S/2ClH.Mg.HO3P/c;;;1-4(2)3/h2*1H;;(H-,1,2,3)/q;;+2;/p-1. The summed E-state index contributed by atoms with van der Waals surface area (Å²) in [7, 11) is -2.87. The molecule has 2 N–H and O–H groups in total. The molecule has 3 nitrogen and oxygen atoms in total. The maximum Gasteiger partial charge on any atom is 2.00 e. The van der Waals surface area contributed by atoms with Gasteiger partial charge in [0.2, 0.25) is 0 Å². The van der Waals surface area contributed by atoms with E-state index in [1.165, 1.54) is 0 Å². The summed E-state index contributed by atoms with van der Waals surface area (Å²) >= 11 is 0. The van der Waals surface area contributed by atoms with Gasteiger partial charge in [-0.3, -0.25) is 0 Å². The summed E-state index contributed by atoms with van der Waals surface area (Å²) in [5, 5.41) is 0. The van der Waals surface area contributed by atoms with E-state index in [2.05, 4.69) is 0 Å². The van der Waals surface area contributed by atoms with Crippen molar-refractivity contribution >= 4 is 31.3 Å². The zero-order chi connectivity index (χ0) is 3.58. The summed E-state index contributed by atoms with van der Waals surface area (Å²) in [5.41, 5.74) is 0. The molecule has 0 saturated heterocycles. The van der Waals surface area contributed by atoms with E-state index in [1.54, 1.807) is 0 Å². The van der Waals surface area contributed by atoms with Crippen LogP contribution in [0.5, 0.6) is 0 Å². The first-order valence-electron chi connectivity index (χ1n) is 0.583. The molecule has 0 atom stereocenters. The zero-order valence-electron chi connectivity index (χ0n) is 3.21. The first-order chi connectivity index (χ1) is 1.73. The van der Waals surface area contributed by atoms with Gasteiger partial charge >= 0.3 is 31.3 Å². The molecule has 0 saturated carbocycles. The summed E-state index contributed by atoms with van der Waals surface area (Å²) in [6, 6.07) is 0. The third kappa shape index (κ3) is 114. The van der Waals surface area contributed by atoms with Gasteiger partial charge in [0.1, 0.15) is 0 Å². The van der Waals surface area contributed by atoms with Crippen LogP contribution in [0.4, 0.5) is 0 Å². The predicted octanol–water partition coefficient (Wildman–Crippen LogP) is -6.74. The third-order valence-corrected chi connectivity index (χ3v) is 0. The maximum atomic E-state index is 8.70. The normalized spacial score (nSPS) is 3.71. The van der Waals surface area contributed by atoms with E-state index in [9.17, 15) is 0 Å². The second-order valence-corrected chi connectivity index (χ2v) is 0.758. The number of halogens is 2. The molecule has 0 rings (SSSR count). The minimum absolute atomic E-state index is 0. The van der Waals surface area contributed by atoms with E-state index in [4.69, 9.17) is 14.4 Å². The van der Waals surface area contributed by atoms with Gasteiger partial charge in [-0.1, -0.05) is 0 Å². The van der Waals surface area contributed by atoms with Crippen LogP contribution in [0.2, 0.25) is 0 Å². The number of hydrogen-bond donors (Lipinski definition) is 2. The van der Waals surface area contributed by atoms with E-state index < -0.39 is 8.25 Å². The molecule has 7 heteroatoms. The van der Waals surface area contributed by atoms with Crippen LogP contribution in [-0.2, 0) is 4.57 Å². The van der Waals surface area contributed by atoms with Gasteiger partial charge in [-0.05, 0) is 0 Å². The summed E-state index contributed by atoms with van der Waals surface area (Å²) in [6.45, 7) is 0. The van der Waals surface area contributed by atoms with E-state index in [0.29, 0.717) is 0 Å². The fourth-order valence-electron chi connectivity index (χ4n) is 0. The van der Waals surface area contributed by atoms with Crippen molar-refractivity contribution in [2.45, 2.75) is 0 Å². The molecule has 40 valence electrons. The molecule has 0 heterocycles. The molecule has 0 radical (unpaired) electrons. The Morgan fingerprint density at radius 3 is 1.14 bits per heavy atom. The summed E-state index contributed by atoms with van der Waals surface area (Å²) in [5.74, 6) is 0. The van der Waals surface area contributed by atoms with Crippen molar-refractivity contribution in [3.05, 3.63) is 0 Å². The molecule has 7 heavy (non-hydrogen) atoms. The Balaban J connectivity index is -0.0000000150. The topological polar surface area (TPSA) is 57.5 Å². The van der Waals surface area contributed by atoms with Crippen molar-refractivity contribution in [1.82, 2.24) is 0 Å². The first kappa shape index (κ1) is 23.8. The number of rotatable bonds is 0. The Morgan fingerprint density at radius 2 is 1.14 bits per heavy atom. The molecule has 0 aliphatic rings. The molecule has 0 unspecified atom stereocenters. The summed E-state index contributed by atoms with van der Waals surface area (Å²) < 4.78 is 8.70. The van der Waals surface area contributed by atoms with Crippen LogP contribution in [-0.4, -0.2) is 32.8 Å².